The Morgan fingerprint density at radius 2 is 0.929 bits per heavy atom. The molecule has 0 aliphatic rings. The first-order chi connectivity index (χ1) is 13.7. The third-order valence-electron chi connectivity index (χ3n) is 5.34. The number of aryl methyl sites for hydroxylation is 2. The van der Waals surface area contributed by atoms with Crippen molar-refractivity contribution in [1.82, 2.24) is 19.9 Å². The molecule has 28 heavy (non-hydrogen) atoms. The van der Waals surface area contributed by atoms with Gasteiger partial charge in [0, 0.05) is 22.2 Å². The zero-order valence-electron chi connectivity index (χ0n) is 15.6. The second-order valence-corrected chi connectivity index (χ2v) is 7.31. The molecule has 0 atom stereocenters. The van der Waals surface area contributed by atoms with E-state index in [0.29, 0.717) is 0 Å². The molecule has 0 aliphatic heterocycles. The topological polar surface area (TPSA) is 51.6 Å². The fourth-order valence-electron chi connectivity index (χ4n) is 3.97. The maximum absolute atomic E-state index is 5.03. The summed E-state index contributed by atoms with van der Waals surface area (Å²) < 4.78 is 0. The molecule has 0 radical (unpaired) electrons. The molecule has 0 saturated carbocycles. The lowest BCUT2D eigenvalue weighted by atomic mass is 10.0. The van der Waals surface area contributed by atoms with Crippen LogP contribution in [-0.2, 0) is 0 Å². The molecule has 4 nitrogen and oxygen atoms in total. The molecule has 0 saturated heterocycles. The Hall–Kier alpha value is -3.66. The molecule has 0 bridgehead atoms. The lowest BCUT2D eigenvalue weighted by molar-refractivity contribution is 1.23. The van der Waals surface area contributed by atoms with Crippen molar-refractivity contribution in [2.45, 2.75) is 13.8 Å². The van der Waals surface area contributed by atoms with Crippen LogP contribution in [0.15, 0.2) is 60.7 Å². The zero-order valence-corrected chi connectivity index (χ0v) is 15.6. The van der Waals surface area contributed by atoms with Crippen molar-refractivity contribution < 1.29 is 0 Å². The second kappa shape index (κ2) is 5.42. The van der Waals surface area contributed by atoms with E-state index < -0.39 is 0 Å². The number of nitrogens with zero attached hydrogens (tertiary/aromatic N) is 4. The van der Waals surface area contributed by atoms with Crippen LogP contribution in [-0.4, -0.2) is 19.9 Å². The molecule has 3 aromatic heterocycles. The number of pyridine rings is 2. The lowest BCUT2D eigenvalue weighted by Crippen LogP contribution is -1.96. The van der Waals surface area contributed by atoms with Gasteiger partial charge in [0.15, 0.2) is 0 Å². The van der Waals surface area contributed by atoms with Crippen LogP contribution in [0.2, 0.25) is 0 Å². The number of rotatable bonds is 0. The highest BCUT2D eigenvalue weighted by atomic mass is 14.8. The standard InChI is InChI=1S/C24H16N4/c1-13-7-9-17-21(25-13)22-18(10-8-14(2)26-22)24-23(17)27-19-11-15-5-3-4-6-16(15)12-20(19)28-24/h3-12H,1-2H3. The fraction of sp³-hybridized carbons (Fsp3) is 0.0833. The smallest absolute Gasteiger partial charge is 0.0996 e. The Morgan fingerprint density at radius 1 is 0.500 bits per heavy atom. The molecular formula is C24H16N4. The number of aromatic nitrogens is 4. The van der Waals surface area contributed by atoms with E-state index in [-0.39, 0.29) is 0 Å². The van der Waals surface area contributed by atoms with E-state index in [1.807, 2.05) is 38.1 Å². The second-order valence-electron chi connectivity index (χ2n) is 7.31. The van der Waals surface area contributed by atoms with Crippen molar-refractivity contribution in [1.29, 1.82) is 0 Å². The van der Waals surface area contributed by atoms with Crippen LogP contribution in [0.1, 0.15) is 11.4 Å². The van der Waals surface area contributed by atoms with E-state index >= 15 is 0 Å². The zero-order chi connectivity index (χ0) is 18.8. The van der Waals surface area contributed by atoms with Gasteiger partial charge in [0.25, 0.3) is 0 Å². The van der Waals surface area contributed by atoms with Gasteiger partial charge < -0.3 is 0 Å². The Bertz CT molecular complexity index is 1470. The van der Waals surface area contributed by atoms with E-state index in [9.17, 15) is 0 Å². The molecule has 0 unspecified atom stereocenters. The van der Waals surface area contributed by atoms with Crippen molar-refractivity contribution in [3.8, 4) is 0 Å². The van der Waals surface area contributed by atoms with Gasteiger partial charge in [-0.25, -0.2) is 9.97 Å². The highest BCUT2D eigenvalue weighted by Gasteiger charge is 2.15. The first-order valence-electron chi connectivity index (χ1n) is 9.34. The SMILES string of the molecule is Cc1ccc2c(n1)c1nc(C)ccc1c1nc3cc4ccccc4cc3nc21. The summed E-state index contributed by atoms with van der Waals surface area (Å²) in [5.41, 5.74) is 7.26. The number of hydrogen-bond acceptors (Lipinski definition) is 4. The summed E-state index contributed by atoms with van der Waals surface area (Å²) in [6.45, 7) is 4.01. The minimum absolute atomic E-state index is 0.878. The van der Waals surface area contributed by atoms with Crippen LogP contribution in [0.4, 0.5) is 0 Å². The molecule has 3 aromatic carbocycles. The van der Waals surface area contributed by atoms with Gasteiger partial charge in [-0.05, 0) is 61.0 Å². The van der Waals surface area contributed by atoms with Gasteiger partial charge in [-0.1, -0.05) is 24.3 Å². The van der Waals surface area contributed by atoms with Crippen LogP contribution >= 0.6 is 0 Å². The van der Waals surface area contributed by atoms with Crippen molar-refractivity contribution in [2.75, 3.05) is 0 Å². The maximum Gasteiger partial charge on any atom is 0.0996 e. The monoisotopic (exact) mass is 360 g/mol. The van der Waals surface area contributed by atoms with Gasteiger partial charge in [-0.2, -0.15) is 0 Å². The van der Waals surface area contributed by atoms with Gasteiger partial charge >= 0.3 is 0 Å². The minimum Gasteiger partial charge on any atom is -0.251 e. The summed E-state index contributed by atoms with van der Waals surface area (Å²) in [7, 11) is 0. The molecule has 0 amide bonds. The predicted molar refractivity (Wildman–Crippen MR) is 115 cm³/mol. The van der Waals surface area contributed by atoms with Crippen molar-refractivity contribution >= 4 is 54.6 Å². The van der Waals surface area contributed by atoms with Crippen LogP contribution in [0.3, 0.4) is 0 Å². The third-order valence-corrected chi connectivity index (χ3v) is 5.34. The average molecular weight is 360 g/mol. The summed E-state index contributed by atoms with van der Waals surface area (Å²) in [6, 6.07) is 20.8. The molecule has 0 fully saturated rings. The van der Waals surface area contributed by atoms with Gasteiger partial charge in [-0.15, -0.1) is 0 Å². The third kappa shape index (κ3) is 2.12. The fourth-order valence-corrected chi connectivity index (χ4v) is 3.97. The molecular weight excluding hydrogens is 344 g/mol. The summed E-state index contributed by atoms with van der Waals surface area (Å²) in [4.78, 5) is 19.6. The predicted octanol–water partition coefficient (Wildman–Crippen LogP) is 5.65. The Labute approximate surface area is 160 Å². The Kier molecular flexibility index (Phi) is 2.98. The highest BCUT2D eigenvalue weighted by molar-refractivity contribution is 6.21. The first kappa shape index (κ1) is 15.4. The average Bonchev–Trinajstić information content (AvgIpc) is 2.71. The van der Waals surface area contributed by atoms with Gasteiger partial charge in [0.1, 0.15) is 0 Å². The van der Waals surface area contributed by atoms with E-state index in [2.05, 4.69) is 36.4 Å². The number of fused-ring (bicyclic) bond motifs is 8. The molecule has 0 spiro atoms. The summed E-state index contributed by atoms with van der Waals surface area (Å²) in [5, 5.41) is 4.32. The van der Waals surface area contributed by atoms with Crippen LogP contribution < -0.4 is 0 Å². The Balaban J connectivity index is 1.89. The Morgan fingerprint density at radius 3 is 1.39 bits per heavy atom. The van der Waals surface area contributed by atoms with Gasteiger partial charge in [-0.3, -0.25) is 9.97 Å². The molecule has 132 valence electrons. The molecule has 3 heterocycles. The highest BCUT2D eigenvalue weighted by Crippen LogP contribution is 2.33. The van der Waals surface area contributed by atoms with Crippen molar-refractivity contribution in [2.24, 2.45) is 0 Å². The number of hydrogen-bond donors (Lipinski definition) is 0. The molecule has 0 aliphatic carbocycles. The first-order valence-corrected chi connectivity index (χ1v) is 9.34. The van der Waals surface area contributed by atoms with Crippen LogP contribution in [0.5, 0.6) is 0 Å². The lowest BCUT2D eigenvalue weighted by Gasteiger charge is -2.10. The molecule has 6 aromatic rings. The van der Waals surface area contributed by atoms with Crippen molar-refractivity contribution in [3.05, 3.63) is 72.1 Å². The van der Waals surface area contributed by atoms with E-state index in [0.717, 1.165) is 55.3 Å². The van der Waals surface area contributed by atoms with Gasteiger partial charge in [0.05, 0.1) is 33.1 Å². The number of benzene rings is 3. The van der Waals surface area contributed by atoms with E-state index in [1.54, 1.807) is 0 Å². The molecule has 6 rings (SSSR count). The normalized spacial score (nSPS) is 11.9. The summed E-state index contributed by atoms with van der Waals surface area (Å²) >= 11 is 0. The van der Waals surface area contributed by atoms with E-state index in [1.165, 1.54) is 10.8 Å². The summed E-state index contributed by atoms with van der Waals surface area (Å²) in [6.07, 6.45) is 0. The molecule has 0 N–H and O–H groups in total. The largest absolute Gasteiger partial charge is 0.251 e. The quantitative estimate of drug-likeness (QED) is 0.259. The maximum atomic E-state index is 5.03. The summed E-state index contributed by atoms with van der Waals surface area (Å²) in [5.74, 6) is 0. The molecule has 4 heteroatoms. The minimum atomic E-state index is 0.878. The van der Waals surface area contributed by atoms with E-state index in [4.69, 9.17) is 19.9 Å². The van der Waals surface area contributed by atoms with Gasteiger partial charge in [0.2, 0.25) is 0 Å². The van der Waals surface area contributed by atoms with Crippen LogP contribution in [0, 0.1) is 13.8 Å². The van der Waals surface area contributed by atoms with Crippen molar-refractivity contribution in [3.63, 3.8) is 0 Å². The van der Waals surface area contributed by atoms with Crippen LogP contribution in [0.25, 0.3) is 54.6 Å².